The summed E-state index contributed by atoms with van der Waals surface area (Å²) < 4.78 is 11.2. The van der Waals surface area contributed by atoms with Crippen molar-refractivity contribution >= 4 is 60.8 Å². The first-order valence-electron chi connectivity index (χ1n) is 17.5. The highest BCUT2D eigenvalue weighted by molar-refractivity contribution is 6.26. The minimum atomic E-state index is 0.687. The molecule has 1 aliphatic rings. The minimum absolute atomic E-state index is 0.687. The zero-order valence-corrected chi connectivity index (χ0v) is 27.6. The molecule has 11 rings (SSSR count). The van der Waals surface area contributed by atoms with Gasteiger partial charge in [0.15, 0.2) is 11.4 Å². The number of hydrogen-bond acceptors (Lipinski definition) is 3. The highest BCUT2D eigenvalue weighted by Crippen LogP contribution is 2.42. The Labute approximate surface area is 293 Å². The Kier molecular flexibility index (Phi) is 6.01. The van der Waals surface area contributed by atoms with Gasteiger partial charge in [-0.05, 0) is 61.0 Å². The summed E-state index contributed by atoms with van der Waals surface area (Å²) in [6.45, 7) is 0. The van der Waals surface area contributed by atoms with E-state index in [-0.39, 0.29) is 0 Å². The molecule has 0 N–H and O–H groups in total. The molecule has 4 aromatic heterocycles. The van der Waals surface area contributed by atoms with Crippen LogP contribution in [-0.4, -0.2) is 19.1 Å². The average molecular weight is 655 g/mol. The van der Waals surface area contributed by atoms with Crippen LogP contribution in [0.5, 0.6) is 0 Å². The number of rotatable bonds is 4. The van der Waals surface area contributed by atoms with Gasteiger partial charge in [-0.25, -0.2) is 9.97 Å². The van der Waals surface area contributed by atoms with Gasteiger partial charge in [-0.2, -0.15) is 0 Å². The van der Waals surface area contributed by atoms with Gasteiger partial charge < -0.3 is 13.6 Å². The molecule has 0 spiro atoms. The second-order valence-corrected chi connectivity index (χ2v) is 13.3. The van der Waals surface area contributed by atoms with Crippen molar-refractivity contribution in [2.45, 2.75) is 12.8 Å². The van der Waals surface area contributed by atoms with Gasteiger partial charge in [-0.3, -0.25) is 0 Å². The van der Waals surface area contributed by atoms with Crippen LogP contribution < -0.4 is 0 Å². The Hall–Kier alpha value is -6.72. The summed E-state index contributed by atoms with van der Waals surface area (Å²) in [6, 6.07) is 51.7. The molecule has 0 fully saturated rings. The van der Waals surface area contributed by atoms with Crippen molar-refractivity contribution in [2.24, 2.45) is 0 Å². The van der Waals surface area contributed by atoms with Crippen molar-refractivity contribution in [1.29, 1.82) is 0 Å². The fourth-order valence-electron chi connectivity index (χ4n) is 8.13. The maximum atomic E-state index is 6.42. The van der Waals surface area contributed by atoms with E-state index in [1.165, 1.54) is 38.1 Å². The van der Waals surface area contributed by atoms with Crippen LogP contribution in [-0.2, 0) is 6.42 Å². The van der Waals surface area contributed by atoms with E-state index in [2.05, 4.69) is 149 Å². The maximum absolute atomic E-state index is 6.42. The lowest BCUT2D eigenvalue weighted by atomic mass is 10.0. The monoisotopic (exact) mass is 654 g/mol. The van der Waals surface area contributed by atoms with E-state index in [0.717, 1.165) is 69.0 Å². The van der Waals surface area contributed by atoms with Crippen molar-refractivity contribution < 1.29 is 4.42 Å². The van der Waals surface area contributed by atoms with Crippen molar-refractivity contribution in [3.63, 3.8) is 0 Å². The fourth-order valence-corrected chi connectivity index (χ4v) is 8.13. The first kappa shape index (κ1) is 28.2. The molecule has 4 heterocycles. The number of hydrogen-bond donors (Lipinski definition) is 0. The predicted octanol–water partition coefficient (Wildman–Crippen LogP) is 11.7. The first-order valence-corrected chi connectivity index (χ1v) is 17.5. The normalized spacial score (nSPS) is 12.9. The standard InChI is InChI=1S/C46H30N4O/c1-3-13-29(14-4-1)42-45-43(36-19-9-12-22-40(36)51-45)48-46(47-42)30-23-25-32(26-24-30)49-38-21-11-8-18-35(38)41-39(49)28-27-34-33-17-7-10-20-37(33)50(44(34)41)31-15-5-2-6-16-31/h1-11,13-21,23-28H,12,22H2. The Morgan fingerprint density at radius 2 is 1.22 bits per heavy atom. The minimum Gasteiger partial charge on any atom is -0.456 e. The molecule has 0 saturated carbocycles. The van der Waals surface area contributed by atoms with Gasteiger partial charge >= 0.3 is 0 Å². The Morgan fingerprint density at radius 3 is 2.02 bits per heavy atom. The highest BCUT2D eigenvalue weighted by Gasteiger charge is 2.23. The van der Waals surface area contributed by atoms with Crippen molar-refractivity contribution in [3.8, 4) is 34.0 Å². The van der Waals surface area contributed by atoms with E-state index in [1.807, 2.05) is 18.2 Å². The van der Waals surface area contributed by atoms with E-state index in [1.54, 1.807) is 0 Å². The lowest BCUT2D eigenvalue weighted by Crippen LogP contribution is -1.97. The van der Waals surface area contributed by atoms with Crippen LogP contribution in [0.1, 0.15) is 17.7 Å². The zero-order chi connectivity index (χ0) is 33.5. The molecule has 6 aromatic carbocycles. The summed E-state index contributed by atoms with van der Waals surface area (Å²) in [5, 5.41) is 4.96. The van der Waals surface area contributed by atoms with Gasteiger partial charge in [-0.1, -0.05) is 103 Å². The van der Waals surface area contributed by atoms with Gasteiger partial charge in [0.05, 0.1) is 22.1 Å². The molecule has 0 radical (unpaired) electrons. The summed E-state index contributed by atoms with van der Waals surface area (Å²) in [7, 11) is 0. The lowest BCUT2D eigenvalue weighted by molar-refractivity contribution is 0.546. The van der Waals surface area contributed by atoms with Crippen LogP contribution in [0.15, 0.2) is 156 Å². The molecule has 51 heavy (non-hydrogen) atoms. The molecule has 5 nitrogen and oxygen atoms in total. The molecule has 0 saturated heterocycles. The summed E-state index contributed by atoms with van der Waals surface area (Å²) >= 11 is 0. The van der Waals surface area contributed by atoms with Gasteiger partial charge in [0, 0.05) is 56.0 Å². The molecule has 0 amide bonds. The Morgan fingerprint density at radius 1 is 0.529 bits per heavy atom. The number of fused-ring (bicyclic) bond motifs is 10. The molecule has 0 atom stereocenters. The van der Waals surface area contributed by atoms with E-state index < -0.39 is 0 Å². The summed E-state index contributed by atoms with van der Waals surface area (Å²) in [5.74, 6) is 1.67. The molecule has 0 aliphatic heterocycles. The molecular formula is C46H30N4O. The fraction of sp³-hybridized carbons (Fsp3) is 0.0435. The van der Waals surface area contributed by atoms with Crippen molar-refractivity contribution in [3.05, 3.63) is 163 Å². The van der Waals surface area contributed by atoms with E-state index >= 15 is 0 Å². The summed E-state index contributed by atoms with van der Waals surface area (Å²) in [5.41, 5.74) is 12.5. The Bertz CT molecular complexity index is 3000. The number of para-hydroxylation sites is 3. The van der Waals surface area contributed by atoms with E-state index in [4.69, 9.17) is 14.4 Å². The molecule has 10 aromatic rings. The molecule has 0 bridgehead atoms. The summed E-state index contributed by atoms with van der Waals surface area (Å²) in [6.07, 6.45) is 6.19. The van der Waals surface area contributed by atoms with Crippen molar-refractivity contribution in [2.75, 3.05) is 0 Å². The molecule has 1 aliphatic carbocycles. The quantitative estimate of drug-likeness (QED) is 0.190. The number of furan rings is 1. The van der Waals surface area contributed by atoms with Crippen LogP contribution in [0.2, 0.25) is 0 Å². The third-order valence-electron chi connectivity index (χ3n) is 10.4. The summed E-state index contributed by atoms with van der Waals surface area (Å²) in [4.78, 5) is 10.3. The second-order valence-electron chi connectivity index (χ2n) is 13.3. The van der Waals surface area contributed by atoms with Gasteiger partial charge in [-0.15, -0.1) is 0 Å². The number of aryl methyl sites for hydroxylation is 1. The highest BCUT2D eigenvalue weighted by atomic mass is 16.3. The number of allylic oxidation sites excluding steroid dienone is 1. The first-order chi connectivity index (χ1) is 25.3. The SMILES string of the molecule is C1=Cc2c(oc3c(-c4ccccc4)nc(-c4ccc(-n5c6ccccc6c6c5ccc5c7ccccc7n(-c7ccccc7)c56)cc4)nc23)CC1. The van der Waals surface area contributed by atoms with E-state index in [0.29, 0.717) is 5.82 Å². The average Bonchev–Trinajstić information content (AvgIpc) is 3.86. The van der Waals surface area contributed by atoms with Crippen LogP contribution >= 0.6 is 0 Å². The van der Waals surface area contributed by atoms with Gasteiger partial charge in [0.2, 0.25) is 0 Å². The van der Waals surface area contributed by atoms with Crippen LogP contribution in [0, 0.1) is 0 Å². The van der Waals surface area contributed by atoms with Gasteiger partial charge in [0.25, 0.3) is 0 Å². The largest absolute Gasteiger partial charge is 0.456 e. The van der Waals surface area contributed by atoms with Crippen LogP contribution in [0.3, 0.4) is 0 Å². The molecule has 0 unspecified atom stereocenters. The topological polar surface area (TPSA) is 48.8 Å². The molecule has 5 heteroatoms. The molecular weight excluding hydrogens is 625 g/mol. The maximum Gasteiger partial charge on any atom is 0.179 e. The smallest absolute Gasteiger partial charge is 0.179 e. The molecule has 240 valence electrons. The van der Waals surface area contributed by atoms with Gasteiger partial charge in [0.1, 0.15) is 17.0 Å². The zero-order valence-electron chi connectivity index (χ0n) is 27.6. The lowest BCUT2D eigenvalue weighted by Gasteiger charge is -2.11. The third kappa shape index (κ3) is 4.15. The van der Waals surface area contributed by atoms with Crippen LogP contribution in [0.4, 0.5) is 0 Å². The number of benzene rings is 6. The second kappa shape index (κ2) is 10.9. The third-order valence-corrected chi connectivity index (χ3v) is 10.4. The Balaban J connectivity index is 1.13. The van der Waals surface area contributed by atoms with Crippen molar-refractivity contribution in [1.82, 2.24) is 19.1 Å². The predicted molar refractivity (Wildman–Crippen MR) is 209 cm³/mol. The number of aromatic nitrogens is 4. The number of nitrogens with zero attached hydrogens (tertiary/aromatic N) is 4. The van der Waals surface area contributed by atoms with Crippen LogP contribution in [0.25, 0.3) is 94.8 Å². The van der Waals surface area contributed by atoms with E-state index in [9.17, 15) is 0 Å².